The molecule has 2 aromatic rings. The third-order valence-electron chi connectivity index (χ3n) is 3.39. The Morgan fingerprint density at radius 3 is 2.48 bits per heavy atom. The van der Waals surface area contributed by atoms with E-state index in [0.29, 0.717) is 11.4 Å². The molecular weight excluding hydrogens is 287 g/mol. The largest absolute Gasteiger partial charge is 0.399 e. The Kier molecular flexibility index (Phi) is 3.17. The van der Waals surface area contributed by atoms with E-state index in [-0.39, 0.29) is 11.7 Å². The highest BCUT2D eigenvalue weighted by Crippen LogP contribution is 2.48. The zero-order valence-electron chi connectivity index (χ0n) is 11.8. The third-order valence-corrected chi connectivity index (χ3v) is 4.62. The lowest BCUT2D eigenvalue weighted by Gasteiger charge is -2.38. The smallest absolute Gasteiger partial charge is 0.247 e. The van der Waals surface area contributed by atoms with Crippen LogP contribution in [0, 0.1) is 5.82 Å². The van der Waals surface area contributed by atoms with Gasteiger partial charge in [-0.25, -0.2) is 4.39 Å². The number of benzene rings is 2. The summed E-state index contributed by atoms with van der Waals surface area (Å²) >= 11 is 1.49. The minimum absolute atomic E-state index is 0.0311. The van der Waals surface area contributed by atoms with Crippen molar-refractivity contribution in [1.82, 2.24) is 0 Å². The van der Waals surface area contributed by atoms with Crippen LogP contribution in [0.4, 0.5) is 21.5 Å². The summed E-state index contributed by atoms with van der Waals surface area (Å²) in [4.78, 5) is 15.3. The molecule has 1 amide bonds. The summed E-state index contributed by atoms with van der Waals surface area (Å²) in [5.74, 6) is -0.356. The van der Waals surface area contributed by atoms with E-state index in [4.69, 9.17) is 5.73 Å². The second-order valence-corrected chi connectivity index (χ2v) is 7.12. The molecule has 3 nitrogen and oxygen atoms in total. The molecule has 0 spiro atoms. The molecule has 2 N–H and O–H groups in total. The number of carbonyl (C=O) groups is 1. The van der Waals surface area contributed by atoms with E-state index < -0.39 is 4.75 Å². The molecule has 1 aliphatic heterocycles. The van der Waals surface area contributed by atoms with Crippen LogP contribution < -0.4 is 10.6 Å². The van der Waals surface area contributed by atoms with Gasteiger partial charge in [-0.1, -0.05) is 0 Å². The van der Waals surface area contributed by atoms with Crippen LogP contribution in [-0.4, -0.2) is 10.7 Å². The van der Waals surface area contributed by atoms with Gasteiger partial charge in [0.15, 0.2) is 0 Å². The van der Waals surface area contributed by atoms with Gasteiger partial charge in [0.25, 0.3) is 0 Å². The van der Waals surface area contributed by atoms with E-state index in [1.165, 1.54) is 23.9 Å². The quantitative estimate of drug-likeness (QED) is 0.811. The first-order valence-electron chi connectivity index (χ1n) is 6.57. The number of hydrogen-bond acceptors (Lipinski definition) is 3. The van der Waals surface area contributed by atoms with E-state index in [2.05, 4.69) is 0 Å². The first-order valence-corrected chi connectivity index (χ1v) is 7.39. The van der Waals surface area contributed by atoms with Crippen molar-refractivity contribution >= 4 is 34.7 Å². The normalized spacial score (nSPS) is 16.7. The zero-order chi connectivity index (χ0) is 15.2. The lowest BCUT2D eigenvalue weighted by molar-refractivity contribution is -0.119. The average Bonchev–Trinajstić information content (AvgIpc) is 2.41. The summed E-state index contributed by atoms with van der Waals surface area (Å²) in [6.45, 7) is 3.76. The molecule has 3 rings (SSSR count). The van der Waals surface area contributed by atoms with Crippen LogP contribution in [0.15, 0.2) is 47.4 Å². The Morgan fingerprint density at radius 1 is 1.14 bits per heavy atom. The van der Waals surface area contributed by atoms with Gasteiger partial charge < -0.3 is 5.73 Å². The number of anilines is 3. The predicted molar refractivity (Wildman–Crippen MR) is 84.3 cm³/mol. The van der Waals surface area contributed by atoms with Gasteiger partial charge in [-0.2, -0.15) is 0 Å². The molecular formula is C16H15FN2OS. The molecule has 0 radical (unpaired) electrons. The molecule has 0 bridgehead atoms. The number of carbonyl (C=O) groups excluding carboxylic acids is 1. The van der Waals surface area contributed by atoms with Crippen molar-refractivity contribution in [3.05, 3.63) is 48.3 Å². The molecule has 0 aromatic heterocycles. The van der Waals surface area contributed by atoms with Crippen molar-refractivity contribution in [2.75, 3.05) is 10.6 Å². The zero-order valence-corrected chi connectivity index (χ0v) is 12.6. The number of nitrogens with zero attached hydrogens (tertiary/aromatic N) is 1. The minimum atomic E-state index is -0.602. The molecule has 108 valence electrons. The van der Waals surface area contributed by atoms with Crippen LogP contribution in [-0.2, 0) is 4.79 Å². The fraction of sp³-hybridized carbons (Fsp3) is 0.188. The van der Waals surface area contributed by atoms with Crippen LogP contribution in [0.2, 0.25) is 0 Å². The van der Waals surface area contributed by atoms with Gasteiger partial charge >= 0.3 is 0 Å². The minimum Gasteiger partial charge on any atom is -0.399 e. The highest BCUT2D eigenvalue weighted by atomic mass is 32.2. The van der Waals surface area contributed by atoms with Gasteiger partial charge in [0.05, 0.1) is 10.4 Å². The first-order chi connectivity index (χ1) is 9.88. The number of amides is 1. The number of nitrogens with two attached hydrogens (primary N) is 1. The number of nitrogen functional groups attached to an aromatic ring is 1. The molecule has 0 unspecified atom stereocenters. The van der Waals surface area contributed by atoms with Crippen LogP contribution in [0.5, 0.6) is 0 Å². The first kappa shape index (κ1) is 13.9. The van der Waals surface area contributed by atoms with E-state index >= 15 is 0 Å². The molecule has 0 atom stereocenters. The van der Waals surface area contributed by atoms with Crippen molar-refractivity contribution < 1.29 is 9.18 Å². The monoisotopic (exact) mass is 302 g/mol. The maximum Gasteiger partial charge on any atom is 0.247 e. The standard InChI is InChI=1S/C16H15FN2OS/c1-16(2)15(20)19(12-6-3-10(17)4-7-12)13-8-5-11(18)9-14(13)21-16/h3-9H,18H2,1-2H3. The average molecular weight is 302 g/mol. The number of fused-ring (bicyclic) bond motifs is 1. The van der Waals surface area contributed by atoms with E-state index in [1.807, 2.05) is 26.0 Å². The van der Waals surface area contributed by atoms with E-state index in [9.17, 15) is 9.18 Å². The lowest BCUT2D eigenvalue weighted by Crippen LogP contribution is -2.43. The van der Waals surface area contributed by atoms with Crippen molar-refractivity contribution in [1.29, 1.82) is 0 Å². The summed E-state index contributed by atoms with van der Waals surface area (Å²) in [5, 5.41) is 0. The fourth-order valence-electron chi connectivity index (χ4n) is 2.34. The second-order valence-electron chi connectivity index (χ2n) is 5.46. The summed E-state index contributed by atoms with van der Waals surface area (Å²) in [5.41, 5.74) is 7.94. The molecule has 5 heteroatoms. The van der Waals surface area contributed by atoms with Crippen molar-refractivity contribution in [3.63, 3.8) is 0 Å². The highest BCUT2D eigenvalue weighted by molar-refractivity contribution is 8.01. The summed E-state index contributed by atoms with van der Waals surface area (Å²) in [6, 6.07) is 11.4. The van der Waals surface area contributed by atoms with Gasteiger partial charge in [-0.3, -0.25) is 9.69 Å². The Morgan fingerprint density at radius 2 is 1.81 bits per heavy atom. The van der Waals surface area contributed by atoms with E-state index in [0.717, 1.165) is 10.6 Å². The predicted octanol–water partition coefficient (Wildman–Crippen LogP) is 3.96. The van der Waals surface area contributed by atoms with Gasteiger partial charge in [0, 0.05) is 16.3 Å². The Hall–Kier alpha value is -2.01. The maximum atomic E-state index is 13.1. The summed E-state index contributed by atoms with van der Waals surface area (Å²) in [7, 11) is 0. The van der Waals surface area contributed by atoms with Gasteiger partial charge in [0.2, 0.25) is 5.91 Å². The molecule has 0 saturated carbocycles. The topological polar surface area (TPSA) is 46.3 Å². The molecule has 2 aromatic carbocycles. The second kappa shape index (κ2) is 4.77. The molecule has 0 fully saturated rings. The fourth-order valence-corrected chi connectivity index (χ4v) is 3.53. The molecule has 21 heavy (non-hydrogen) atoms. The van der Waals surface area contributed by atoms with Crippen LogP contribution in [0.1, 0.15) is 13.8 Å². The lowest BCUT2D eigenvalue weighted by atomic mass is 10.1. The maximum absolute atomic E-state index is 13.1. The van der Waals surface area contributed by atoms with Crippen LogP contribution in [0.3, 0.4) is 0 Å². The van der Waals surface area contributed by atoms with Gasteiger partial charge in [-0.15, -0.1) is 11.8 Å². The number of halogens is 1. The number of hydrogen-bond donors (Lipinski definition) is 1. The van der Waals surface area contributed by atoms with Crippen molar-refractivity contribution in [3.8, 4) is 0 Å². The van der Waals surface area contributed by atoms with Crippen molar-refractivity contribution in [2.45, 2.75) is 23.5 Å². The molecule has 1 aliphatic rings. The molecule has 0 saturated heterocycles. The third kappa shape index (κ3) is 2.38. The van der Waals surface area contributed by atoms with Crippen LogP contribution in [0.25, 0.3) is 0 Å². The van der Waals surface area contributed by atoms with Gasteiger partial charge in [-0.05, 0) is 56.3 Å². The van der Waals surface area contributed by atoms with E-state index in [1.54, 1.807) is 23.1 Å². The molecule has 1 heterocycles. The Labute approximate surface area is 126 Å². The SMILES string of the molecule is CC1(C)Sc2cc(N)ccc2N(c2ccc(F)cc2)C1=O. The Balaban J connectivity index is 2.18. The highest BCUT2D eigenvalue weighted by Gasteiger charge is 2.40. The summed E-state index contributed by atoms with van der Waals surface area (Å²) < 4.78 is 12.5. The van der Waals surface area contributed by atoms with Crippen molar-refractivity contribution in [2.24, 2.45) is 0 Å². The van der Waals surface area contributed by atoms with Gasteiger partial charge in [0.1, 0.15) is 5.82 Å². The molecule has 0 aliphatic carbocycles. The van der Waals surface area contributed by atoms with Crippen LogP contribution >= 0.6 is 11.8 Å². The summed E-state index contributed by atoms with van der Waals surface area (Å²) in [6.07, 6.45) is 0. The number of rotatable bonds is 1. The number of thioether (sulfide) groups is 1. The Bertz CT molecular complexity index is 713.